The lowest BCUT2D eigenvalue weighted by Gasteiger charge is -2.07. The summed E-state index contributed by atoms with van der Waals surface area (Å²) in [6.45, 7) is 2.83. The number of nitrogens with zero attached hydrogens (tertiary/aromatic N) is 4. The average molecular weight is 580 g/mol. The maximum Gasteiger partial charge on any atom is 0.365 e. The molecular weight excluding hydrogens is 546 g/mol. The Morgan fingerprint density at radius 3 is 2.60 bits per heavy atom. The third kappa shape index (κ3) is 7.92. The van der Waals surface area contributed by atoms with Crippen LogP contribution in [0, 0.1) is 0 Å². The fraction of sp³-hybridized carbons (Fsp3) is 0.345. The van der Waals surface area contributed by atoms with Crippen molar-refractivity contribution in [1.82, 2.24) is 9.55 Å². The summed E-state index contributed by atoms with van der Waals surface area (Å²) >= 11 is 2.98. The molecule has 9 nitrogen and oxygen atoms in total. The first-order valence-corrected chi connectivity index (χ1v) is 15.2. The second kappa shape index (κ2) is 14.6. The molecule has 0 aliphatic carbocycles. The summed E-state index contributed by atoms with van der Waals surface area (Å²) in [4.78, 5) is 28.4. The molecule has 4 aromatic rings. The predicted molar refractivity (Wildman–Crippen MR) is 160 cm³/mol. The second-order valence-corrected chi connectivity index (χ2v) is 11.4. The molecule has 0 radical (unpaired) electrons. The van der Waals surface area contributed by atoms with Crippen molar-refractivity contribution in [2.24, 2.45) is 10.2 Å². The first-order chi connectivity index (χ1) is 19.5. The molecule has 210 valence electrons. The number of aromatic nitrogens is 2. The molecule has 0 unspecified atom stereocenters. The van der Waals surface area contributed by atoms with Gasteiger partial charge in [0.2, 0.25) is 5.88 Å². The minimum absolute atomic E-state index is 0.00301. The number of anilines is 1. The fourth-order valence-corrected chi connectivity index (χ4v) is 5.78. The molecule has 0 saturated carbocycles. The Morgan fingerprint density at radius 2 is 1.88 bits per heavy atom. The number of carboxylic acids is 1. The number of unbranched alkanes of at least 4 members (excludes halogenated alkanes) is 4. The molecule has 2 aromatic carbocycles. The lowest BCUT2D eigenvalue weighted by atomic mass is 10.1. The van der Waals surface area contributed by atoms with Gasteiger partial charge in [-0.05, 0) is 60.9 Å². The van der Waals surface area contributed by atoms with Crippen molar-refractivity contribution >= 4 is 56.8 Å². The van der Waals surface area contributed by atoms with Crippen LogP contribution in [0.4, 0.5) is 15.6 Å². The van der Waals surface area contributed by atoms with Crippen molar-refractivity contribution in [3.05, 3.63) is 65.2 Å². The minimum Gasteiger partial charge on any atom is -0.493 e. The summed E-state index contributed by atoms with van der Waals surface area (Å²) in [6, 6.07) is 12.3. The standard InChI is InChI=1S/C29H33N5O4S2/c1-2-3-4-5-6-16-34-24-14-13-22(39-17-7-8-20-9-11-21(12-10-20)27(36)37)19-23(24)25(26(34)35)32-33-28(38)31-29-30-15-18-40-29/h9-15,18-19,35H,2-8,16-17H2,1H3,(H,36,37)(H,30,31,38). The van der Waals surface area contributed by atoms with Gasteiger partial charge in [-0.2, -0.15) is 0 Å². The van der Waals surface area contributed by atoms with Crippen molar-refractivity contribution < 1.29 is 19.8 Å². The fourth-order valence-electron chi connectivity index (χ4n) is 4.37. The Bertz CT molecular complexity index is 1450. The highest BCUT2D eigenvalue weighted by atomic mass is 32.2. The number of amides is 2. The van der Waals surface area contributed by atoms with Gasteiger partial charge in [-0.3, -0.25) is 5.32 Å². The molecule has 0 bridgehead atoms. The lowest BCUT2D eigenvalue weighted by Crippen LogP contribution is -2.04. The quantitative estimate of drug-likeness (QED) is 0.0780. The maximum absolute atomic E-state index is 12.3. The van der Waals surface area contributed by atoms with E-state index in [0.717, 1.165) is 59.2 Å². The topological polar surface area (TPSA) is 129 Å². The zero-order valence-electron chi connectivity index (χ0n) is 22.4. The van der Waals surface area contributed by atoms with Gasteiger partial charge < -0.3 is 14.8 Å². The van der Waals surface area contributed by atoms with Gasteiger partial charge in [0.05, 0.1) is 11.1 Å². The Hall–Kier alpha value is -3.70. The third-order valence-corrected chi connectivity index (χ3v) is 8.20. The Labute approximate surface area is 241 Å². The van der Waals surface area contributed by atoms with Crippen LogP contribution in [-0.4, -0.2) is 37.5 Å². The third-order valence-electron chi connectivity index (χ3n) is 6.43. The van der Waals surface area contributed by atoms with Crippen LogP contribution >= 0.6 is 23.1 Å². The van der Waals surface area contributed by atoms with E-state index in [1.165, 1.54) is 24.2 Å². The molecule has 40 heavy (non-hydrogen) atoms. The summed E-state index contributed by atoms with van der Waals surface area (Å²) in [7, 11) is 0. The first-order valence-electron chi connectivity index (χ1n) is 13.4. The largest absolute Gasteiger partial charge is 0.493 e. The van der Waals surface area contributed by atoms with Crippen molar-refractivity contribution in [3.8, 4) is 5.88 Å². The summed E-state index contributed by atoms with van der Waals surface area (Å²) < 4.78 is 1.85. The number of aromatic carboxylic acids is 1. The molecule has 0 fully saturated rings. The van der Waals surface area contributed by atoms with E-state index in [9.17, 15) is 14.7 Å². The number of azo groups is 1. The van der Waals surface area contributed by atoms with Crippen LogP contribution < -0.4 is 5.32 Å². The smallest absolute Gasteiger partial charge is 0.365 e. The van der Waals surface area contributed by atoms with Gasteiger partial charge in [0.1, 0.15) is 0 Å². The van der Waals surface area contributed by atoms with Crippen LogP contribution in [0.3, 0.4) is 0 Å². The number of carbonyl (C=O) groups excluding carboxylic acids is 1. The number of rotatable bonds is 14. The number of fused-ring (bicyclic) bond motifs is 1. The highest BCUT2D eigenvalue weighted by molar-refractivity contribution is 7.99. The second-order valence-electron chi connectivity index (χ2n) is 9.34. The van der Waals surface area contributed by atoms with Crippen LogP contribution in [0.25, 0.3) is 10.9 Å². The van der Waals surface area contributed by atoms with E-state index in [4.69, 9.17) is 5.11 Å². The first kappa shape index (κ1) is 29.3. The Balaban J connectivity index is 1.47. The van der Waals surface area contributed by atoms with Gasteiger partial charge in [-0.25, -0.2) is 14.6 Å². The number of urea groups is 1. The molecule has 3 N–H and O–H groups in total. The summed E-state index contributed by atoms with van der Waals surface area (Å²) in [5, 5.41) is 33.6. The Morgan fingerprint density at radius 1 is 1.07 bits per heavy atom. The number of nitrogens with one attached hydrogen (secondary N) is 1. The van der Waals surface area contributed by atoms with Crippen LogP contribution in [0.15, 0.2) is 69.2 Å². The number of carbonyl (C=O) groups is 2. The molecule has 0 atom stereocenters. The molecule has 2 aromatic heterocycles. The molecule has 0 spiro atoms. The zero-order chi connectivity index (χ0) is 28.3. The van der Waals surface area contributed by atoms with Crippen molar-refractivity contribution in [2.75, 3.05) is 11.1 Å². The van der Waals surface area contributed by atoms with Crippen LogP contribution in [0.1, 0.15) is 61.4 Å². The van der Waals surface area contributed by atoms with E-state index < -0.39 is 12.0 Å². The molecule has 11 heteroatoms. The van der Waals surface area contributed by atoms with Gasteiger partial charge in [-0.15, -0.1) is 28.2 Å². The molecule has 0 saturated heterocycles. The number of hydrogen-bond acceptors (Lipinski definition) is 7. The van der Waals surface area contributed by atoms with Gasteiger partial charge in [0.25, 0.3) is 0 Å². The average Bonchev–Trinajstić information content (AvgIpc) is 3.55. The predicted octanol–water partition coefficient (Wildman–Crippen LogP) is 8.51. The molecule has 4 rings (SSSR count). The van der Waals surface area contributed by atoms with Crippen LogP contribution in [0.5, 0.6) is 5.88 Å². The number of aromatic hydroxyl groups is 1. The van der Waals surface area contributed by atoms with E-state index in [2.05, 4.69) is 27.5 Å². The SMILES string of the molecule is CCCCCCCn1c(O)c(N=NC(=O)Nc2nccs2)c2cc(SCCCc3ccc(C(=O)O)cc3)ccc21. The summed E-state index contributed by atoms with van der Waals surface area (Å²) in [6.07, 6.45) is 8.88. The van der Waals surface area contributed by atoms with Crippen molar-refractivity contribution in [3.63, 3.8) is 0 Å². The number of hydrogen-bond donors (Lipinski definition) is 3. The molecule has 0 aliphatic rings. The van der Waals surface area contributed by atoms with Crippen LogP contribution in [0.2, 0.25) is 0 Å². The monoisotopic (exact) mass is 579 g/mol. The van der Waals surface area contributed by atoms with E-state index in [1.54, 1.807) is 35.5 Å². The van der Waals surface area contributed by atoms with Gasteiger partial charge in [-0.1, -0.05) is 49.9 Å². The Kier molecular flexibility index (Phi) is 10.7. The number of thioether (sulfide) groups is 1. The molecule has 0 aliphatic heterocycles. The van der Waals surface area contributed by atoms with Crippen molar-refractivity contribution in [1.29, 1.82) is 0 Å². The zero-order valence-corrected chi connectivity index (χ0v) is 24.0. The maximum atomic E-state index is 12.3. The van der Waals surface area contributed by atoms with Crippen LogP contribution in [-0.2, 0) is 13.0 Å². The number of benzene rings is 2. The minimum atomic E-state index is -0.923. The van der Waals surface area contributed by atoms with E-state index in [1.807, 2.05) is 34.9 Å². The van der Waals surface area contributed by atoms with Gasteiger partial charge >= 0.3 is 12.0 Å². The normalized spacial score (nSPS) is 11.4. The van der Waals surface area contributed by atoms with Crippen molar-refractivity contribution in [2.45, 2.75) is 63.3 Å². The van der Waals surface area contributed by atoms with Gasteiger partial charge in [0.15, 0.2) is 10.8 Å². The highest BCUT2D eigenvalue weighted by Gasteiger charge is 2.18. The van der Waals surface area contributed by atoms with E-state index in [0.29, 0.717) is 11.7 Å². The highest BCUT2D eigenvalue weighted by Crippen LogP contribution is 2.41. The molecular formula is C29H33N5O4S2. The van der Waals surface area contributed by atoms with E-state index >= 15 is 0 Å². The number of aryl methyl sites for hydroxylation is 2. The lowest BCUT2D eigenvalue weighted by molar-refractivity contribution is 0.0697. The summed E-state index contributed by atoms with van der Waals surface area (Å²) in [5.41, 5.74) is 2.51. The van der Waals surface area contributed by atoms with E-state index in [-0.39, 0.29) is 17.1 Å². The molecule has 2 heterocycles. The number of carboxylic acid groups (broad SMARTS) is 1. The van der Waals surface area contributed by atoms with Gasteiger partial charge in [0, 0.05) is 28.4 Å². The number of thiazole rings is 1. The molecule has 2 amide bonds. The summed E-state index contributed by atoms with van der Waals surface area (Å²) in [5.74, 6) is -0.0558.